The molecule has 0 aliphatic carbocycles. The molecule has 0 aromatic heterocycles. The molecule has 1 amide bonds. The van der Waals surface area contributed by atoms with Gasteiger partial charge >= 0.3 is 5.97 Å². The number of nitrogen functional groups attached to an aromatic ring is 1. The summed E-state index contributed by atoms with van der Waals surface area (Å²) in [6, 6.07) is 16.2. The van der Waals surface area contributed by atoms with Gasteiger partial charge in [-0.25, -0.2) is 4.79 Å². The predicted octanol–water partition coefficient (Wildman–Crippen LogP) is 3.50. The lowest BCUT2D eigenvalue weighted by Gasteiger charge is -2.13. The maximum absolute atomic E-state index is 12.8. The number of hydrogen-bond acceptors (Lipinski definition) is 5. The topological polar surface area (TPSA) is 159 Å². The minimum absolute atomic E-state index is 0.0995. The number of aromatic carboxylic acids is 1. The molecule has 150 valence electrons. The Morgan fingerprint density at radius 3 is 2.20 bits per heavy atom. The van der Waals surface area contributed by atoms with Crippen LogP contribution >= 0.6 is 0 Å². The minimum atomic E-state index is -1.34. The summed E-state index contributed by atoms with van der Waals surface area (Å²) in [6.07, 6.45) is 0. The van der Waals surface area contributed by atoms with E-state index in [9.17, 15) is 24.8 Å². The lowest BCUT2D eigenvalue weighted by atomic mass is 9.94. The van der Waals surface area contributed by atoms with E-state index in [1.807, 2.05) is 0 Å². The number of non-ortho nitro benzene ring substituents is 1. The van der Waals surface area contributed by atoms with Crippen molar-refractivity contribution < 1.29 is 19.6 Å². The molecular weight excluding hydrogens is 388 g/mol. The van der Waals surface area contributed by atoms with Gasteiger partial charge < -0.3 is 16.2 Å². The molecule has 0 saturated heterocycles. The third kappa shape index (κ3) is 4.14. The van der Waals surface area contributed by atoms with Crippen molar-refractivity contribution in [2.24, 2.45) is 5.73 Å². The Kier molecular flexibility index (Phi) is 5.54. The summed E-state index contributed by atoms with van der Waals surface area (Å²) >= 11 is 0. The fraction of sp³-hybridized carbons (Fsp3) is 0. The highest BCUT2D eigenvalue weighted by molar-refractivity contribution is 6.10. The number of carboxylic acid groups (broad SMARTS) is 1. The highest BCUT2D eigenvalue weighted by Gasteiger charge is 2.21. The maximum atomic E-state index is 12.8. The van der Waals surface area contributed by atoms with Crippen LogP contribution in [0.2, 0.25) is 0 Å². The van der Waals surface area contributed by atoms with E-state index in [2.05, 4.69) is 5.32 Å². The number of benzene rings is 3. The fourth-order valence-electron chi connectivity index (χ4n) is 2.91. The number of anilines is 1. The average Bonchev–Trinajstić information content (AvgIpc) is 2.73. The fourth-order valence-corrected chi connectivity index (χ4v) is 2.91. The number of amidine groups is 1. The molecule has 0 bridgehead atoms. The lowest BCUT2D eigenvalue weighted by Crippen LogP contribution is -2.14. The quantitative estimate of drug-likeness (QED) is 0.213. The molecular formula is C21H16N4O5. The third-order valence-electron chi connectivity index (χ3n) is 4.36. The Balaban J connectivity index is 2.00. The molecule has 30 heavy (non-hydrogen) atoms. The van der Waals surface area contributed by atoms with Crippen LogP contribution in [0, 0.1) is 15.5 Å². The molecule has 0 unspecified atom stereocenters. The average molecular weight is 404 g/mol. The summed E-state index contributed by atoms with van der Waals surface area (Å²) in [5.41, 5.74) is 6.45. The number of carbonyl (C=O) groups excluding carboxylic acids is 1. The van der Waals surface area contributed by atoms with Gasteiger partial charge in [-0.05, 0) is 47.5 Å². The molecule has 0 radical (unpaired) electrons. The number of hydrogen-bond donors (Lipinski definition) is 4. The first kappa shape index (κ1) is 20.2. The van der Waals surface area contributed by atoms with Crippen LogP contribution in [0.15, 0.2) is 66.7 Å². The molecule has 3 aromatic rings. The van der Waals surface area contributed by atoms with Crippen molar-refractivity contribution in [1.82, 2.24) is 0 Å². The Morgan fingerprint density at radius 2 is 1.60 bits per heavy atom. The lowest BCUT2D eigenvalue weighted by molar-refractivity contribution is -0.384. The van der Waals surface area contributed by atoms with Crippen molar-refractivity contribution in [3.63, 3.8) is 0 Å². The smallest absolute Gasteiger partial charge is 0.336 e. The molecule has 9 nitrogen and oxygen atoms in total. The zero-order chi connectivity index (χ0) is 21.8. The van der Waals surface area contributed by atoms with Gasteiger partial charge in [0.1, 0.15) is 5.84 Å². The SMILES string of the molecule is N=C(N)c1ccc(NC(=O)c2ccccc2-c2ccc([N+](=O)[O-])cc2C(=O)O)cc1. The Bertz CT molecular complexity index is 1170. The van der Waals surface area contributed by atoms with E-state index in [1.165, 1.54) is 18.2 Å². The molecule has 0 fully saturated rings. The monoisotopic (exact) mass is 404 g/mol. The second-order valence-electron chi connectivity index (χ2n) is 6.28. The van der Waals surface area contributed by atoms with Crippen molar-refractivity contribution in [3.8, 4) is 11.1 Å². The predicted molar refractivity (Wildman–Crippen MR) is 111 cm³/mol. The molecule has 0 aliphatic heterocycles. The Hall–Kier alpha value is -4.53. The van der Waals surface area contributed by atoms with Crippen LogP contribution in [0.5, 0.6) is 0 Å². The van der Waals surface area contributed by atoms with Gasteiger partial charge in [-0.15, -0.1) is 0 Å². The first-order valence-corrected chi connectivity index (χ1v) is 8.65. The Morgan fingerprint density at radius 1 is 0.967 bits per heavy atom. The van der Waals surface area contributed by atoms with Crippen LogP contribution in [0.1, 0.15) is 26.3 Å². The molecule has 0 aliphatic rings. The summed E-state index contributed by atoms with van der Waals surface area (Å²) in [7, 11) is 0. The van der Waals surface area contributed by atoms with Crippen LogP contribution in [-0.4, -0.2) is 27.7 Å². The minimum Gasteiger partial charge on any atom is -0.478 e. The van der Waals surface area contributed by atoms with E-state index in [0.29, 0.717) is 16.8 Å². The molecule has 3 aromatic carbocycles. The van der Waals surface area contributed by atoms with Gasteiger partial charge in [-0.1, -0.05) is 18.2 Å². The number of nitro groups is 1. The Labute approximate surface area is 170 Å². The molecule has 5 N–H and O–H groups in total. The highest BCUT2D eigenvalue weighted by atomic mass is 16.6. The van der Waals surface area contributed by atoms with Gasteiger partial charge in [0.2, 0.25) is 0 Å². The van der Waals surface area contributed by atoms with E-state index in [1.54, 1.807) is 42.5 Å². The second-order valence-corrected chi connectivity index (χ2v) is 6.28. The molecule has 0 saturated carbocycles. The third-order valence-corrected chi connectivity index (χ3v) is 4.36. The van der Waals surface area contributed by atoms with Crippen molar-refractivity contribution in [1.29, 1.82) is 5.41 Å². The summed E-state index contributed by atoms with van der Waals surface area (Å²) in [5.74, 6) is -1.93. The summed E-state index contributed by atoms with van der Waals surface area (Å²) < 4.78 is 0. The maximum Gasteiger partial charge on any atom is 0.336 e. The van der Waals surface area contributed by atoms with Gasteiger partial charge in [0.05, 0.1) is 10.5 Å². The number of nitrogens with one attached hydrogen (secondary N) is 2. The van der Waals surface area contributed by atoms with E-state index in [-0.39, 0.29) is 28.2 Å². The number of rotatable bonds is 6. The van der Waals surface area contributed by atoms with E-state index >= 15 is 0 Å². The molecule has 3 rings (SSSR count). The number of nitrogens with zero attached hydrogens (tertiary/aromatic N) is 1. The van der Waals surface area contributed by atoms with Crippen LogP contribution in [0.4, 0.5) is 11.4 Å². The van der Waals surface area contributed by atoms with Crippen LogP contribution < -0.4 is 11.1 Å². The zero-order valence-corrected chi connectivity index (χ0v) is 15.5. The molecule has 0 atom stereocenters. The number of amides is 1. The van der Waals surface area contributed by atoms with Crippen LogP contribution in [0.3, 0.4) is 0 Å². The van der Waals surface area contributed by atoms with E-state index in [0.717, 1.165) is 6.07 Å². The van der Waals surface area contributed by atoms with E-state index in [4.69, 9.17) is 11.1 Å². The van der Waals surface area contributed by atoms with Crippen LogP contribution in [-0.2, 0) is 0 Å². The second kappa shape index (κ2) is 8.23. The molecule has 0 spiro atoms. The van der Waals surface area contributed by atoms with Crippen molar-refractivity contribution >= 4 is 29.1 Å². The van der Waals surface area contributed by atoms with Gasteiger partial charge in [0.25, 0.3) is 11.6 Å². The van der Waals surface area contributed by atoms with Crippen molar-refractivity contribution in [2.45, 2.75) is 0 Å². The standard InChI is InChI=1S/C21H16N4O5/c22-19(23)12-5-7-13(8-6-12)24-20(26)17-4-2-1-3-15(17)16-10-9-14(25(29)30)11-18(16)21(27)28/h1-11H,(H3,22,23)(H,24,26)(H,27,28). The van der Waals surface area contributed by atoms with Crippen molar-refractivity contribution in [2.75, 3.05) is 5.32 Å². The van der Waals surface area contributed by atoms with Gasteiger partial charge in [-0.3, -0.25) is 20.3 Å². The van der Waals surface area contributed by atoms with Crippen molar-refractivity contribution in [3.05, 3.63) is 93.5 Å². The summed E-state index contributed by atoms with van der Waals surface area (Å²) in [6.45, 7) is 0. The number of carbonyl (C=O) groups is 2. The number of carboxylic acids is 1. The van der Waals surface area contributed by atoms with Gasteiger partial charge in [0, 0.05) is 28.9 Å². The number of nitrogens with two attached hydrogens (primary N) is 1. The van der Waals surface area contributed by atoms with E-state index < -0.39 is 16.8 Å². The van der Waals surface area contributed by atoms with Gasteiger partial charge in [0.15, 0.2) is 0 Å². The first-order valence-electron chi connectivity index (χ1n) is 8.65. The largest absolute Gasteiger partial charge is 0.478 e. The van der Waals surface area contributed by atoms with Gasteiger partial charge in [-0.2, -0.15) is 0 Å². The highest BCUT2D eigenvalue weighted by Crippen LogP contribution is 2.30. The first-order chi connectivity index (χ1) is 14.3. The zero-order valence-electron chi connectivity index (χ0n) is 15.5. The van der Waals surface area contributed by atoms with Crippen LogP contribution in [0.25, 0.3) is 11.1 Å². The normalized spacial score (nSPS) is 10.3. The number of nitro benzene ring substituents is 1. The summed E-state index contributed by atoms with van der Waals surface area (Å²) in [5, 5.41) is 30.6. The molecule has 0 heterocycles. The molecule has 9 heteroatoms. The summed E-state index contributed by atoms with van der Waals surface area (Å²) in [4.78, 5) is 34.8.